The number of imidazole rings is 1. The van der Waals surface area contributed by atoms with Crippen LogP contribution in [0.15, 0.2) is 42.7 Å². The number of nitrogens with one attached hydrogen (secondary N) is 1. The van der Waals surface area contributed by atoms with Crippen LogP contribution in [0.5, 0.6) is 0 Å². The molecule has 0 saturated carbocycles. The van der Waals surface area contributed by atoms with E-state index < -0.39 is 0 Å². The first-order valence-corrected chi connectivity index (χ1v) is 10.1. The second-order valence-electron chi connectivity index (χ2n) is 6.67. The van der Waals surface area contributed by atoms with Gasteiger partial charge in [0.25, 0.3) is 5.91 Å². The highest BCUT2D eigenvalue weighted by atomic mass is 32.1. The fraction of sp³-hybridized carbons (Fsp3) is 0.350. The topological polar surface area (TPSA) is 67.2 Å². The lowest BCUT2D eigenvalue weighted by molar-refractivity contribution is -0.132. The van der Waals surface area contributed by atoms with E-state index in [0.29, 0.717) is 11.4 Å². The minimum atomic E-state index is -0.0468. The molecule has 0 bridgehead atoms. The van der Waals surface area contributed by atoms with E-state index in [0.717, 1.165) is 35.3 Å². The number of hydrogen-bond acceptors (Lipinski definition) is 4. The molecular weight excluding hydrogens is 360 g/mol. The van der Waals surface area contributed by atoms with Gasteiger partial charge in [0.2, 0.25) is 5.91 Å². The largest absolute Gasteiger partial charge is 0.352 e. The number of thiophene rings is 1. The smallest absolute Gasteiger partial charge is 0.261 e. The minimum absolute atomic E-state index is 0.0468. The van der Waals surface area contributed by atoms with Crippen LogP contribution in [0.25, 0.3) is 11.0 Å². The molecular formula is C20H22N4O2S. The summed E-state index contributed by atoms with van der Waals surface area (Å²) in [6, 6.07) is 11.7. The lowest BCUT2D eigenvalue weighted by atomic mass is 10.2. The number of likely N-dealkylation sites (tertiary alicyclic amines) is 1. The zero-order chi connectivity index (χ0) is 18.8. The third-order valence-corrected chi connectivity index (χ3v) is 6.11. The summed E-state index contributed by atoms with van der Waals surface area (Å²) < 4.78 is 1.90. The molecule has 4 rings (SSSR count). The summed E-state index contributed by atoms with van der Waals surface area (Å²) in [5.41, 5.74) is 1.87. The van der Waals surface area contributed by atoms with Crippen molar-refractivity contribution in [2.45, 2.75) is 32.4 Å². The van der Waals surface area contributed by atoms with Crippen molar-refractivity contribution >= 4 is 34.2 Å². The summed E-state index contributed by atoms with van der Waals surface area (Å²) >= 11 is 1.48. The van der Waals surface area contributed by atoms with E-state index in [2.05, 4.69) is 10.3 Å². The van der Waals surface area contributed by atoms with Crippen LogP contribution in [0.2, 0.25) is 0 Å². The molecule has 0 unspecified atom stereocenters. The van der Waals surface area contributed by atoms with Crippen molar-refractivity contribution in [1.82, 2.24) is 19.8 Å². The van der Waals surface area contributed by atoms with Gasteiger partial charge in [-0.05, 0) is 44.0 Å². The average Bonchev–Trinajstić information content (AvgIpc) is 3.41. The van der Waals surface area contributed by atoms with Crippen LogP contribution in [0.4, 0.5) is 0 Å². The predicted octanol–water partition coefficient (Wildman–Crippen LogP) is 3.21. The highest BCUT2D eigenvalue weighted by Crippen LogP contribution is 2.36. The van der Waals surface area contributed by atoms with Crippen LogP contribution in [0, 0.1) is 0 Å². The lowest BCUT2D eigenvalue weighted by Crippen LogP contribution is -2.33. The summed E-state index contributed by atoms with van der Waals surface area (Å²) in [4.78, 5) is 33.1. The van der Waals surface area contributed by atoms with Gasteiger partial charge in [0.05, 0.1) is 28.3 Å². The number of para-hydroxylation sites is 2. The Morgan fingerprint density at radius 1 is 1.26 bits per heavy atom. The molecule has 2 aromatic heterocycles. The van der Waals surface area contributed by atoms with E-state index in [-0.39, 0.29) is 24.4 Å². The fourth-order valence-corrected chi connectivity index (χ4v) is 4.71. The number of benzene rings is 1. The van der Waals surface area contributed by atoms with Crippen molar-refractivity contribution in [2.24, 2.45) is 0 Å². The number of rotatable bonds is 5. The molecule has 140 valence electrons. The molecule has 1 N–H and O–H groups in total. The van der Waals surface area contributed by atoms with Gasteiger partial charge in [-0.15, -0.1) is 11.3 Å². The molecule has 2 amide bonds. The summed E-state index contributed by atoms with van der Waals surface area (Å²) in [5, 5.41) is 2.83. The molecule has 0 radical (unpaired) electrons. The Morgan fingerprint density at radius 3 is 2.96 bits per heavy atom. The number of amides is 2. The molecule has 3 heterocycles. The Kier molecular flexibility index (Phi) is 4.94. The summed E-state index contributed by atoms with van der Waals surface area (Å²) in [5.74, 6) is 0.0446. The Balaban J connectivity index is 1.51. The van der Waals surface area contributed by atoms with Crippen LogP contribution in [0.3, 0.4) is 0 Å². The highest BCUT2D eigenvalue weighted by molar-refractivity contribution is 7.14. The minimum Gasteiger partial charge on any atom is -0.352 e. The number of nitrogens with zero attached hydrogens (tertiary/aromatic N) is 3. The van der Waals surface area contributed by atoms with Gasteiger partial charge in [0.1, 0.15) is 6.54 Å². The van der Waals surface area contributed by atoms with E-state index in [1.54, 1.807) is 6.33 Å². The second kappa shape index (κ2) is 7.52. The molecule has 1 fully saturated rings. The van der Waals surface area contributed by atoms with Gasteiger partial charge in [-0.2, -0.15) is 0 Å². The molecule has 0 spiro atoms. The Morgan fingerprint density at radius 2 is 2.11 bits per heavy atom. The fourth-order valence-electron chi connectivity index (χ4n) is 3.64. The summed E-state index contributed by atoms with van der Waals surface area (Å²) in [6.07, 6.45) is 3.65. The first-order chi connectivity index (χ1) is 13.2. The summed E-state index contributed by atoms with van der Waals surface area (Å²) in [7, 11) is 0. The van der Waals surface area contributed by atoms with Crippen LogP contribution in [-0.2, 0) is 11.3 Å². The third-order valence-electron chi connectivity index (χ3n) is 4.92. The zero-order valence-corrected chi connectivity index (χ0v) is 16.0. The van der Waals surface area contributed by atoms with Crippen molar-refractivity contribution in [3.8, 4) is 0 Å². The monoisotopic (exact) mass is 382 g/mol. The molecule has 1 aliphatic heterocycles. The molecule has 0 aliphatic carbocycles. The second-order valence-corrected chi connectivity index (χ2v) is 7.78. The van der Waals surface area contributed by atoms with Gasteiger partial charge < -0.3 is 14.8 Å². The number of fused-ring (bicyclic) bond motifs is 1. The SMILES string of the molecule is CCNC(=O)c1ccc([C@H]2CCCN2C(=O)Cn2cnc3ccccc32)s1. The van der Waals surface area contributed by atoms with Gasteiger partial charge in [-0.1, -0.05) is 12.1 Å². The average molecular weight is 382 g/mol. The number of hydrogen-bond donors (Lipinski definition) is 1. The van der Waals surface area contributed by atoms with Crippen LogP contribution < -0.4 is 5.32 Å². The Hall–Kier alpha value is -2.67. The van der Waals surface area contributed by atoms with Crippen molar-refractivity contribution in [3.63, 3.8) is 0 Å². The van der Waals surface area contributed by atoms with Crippen molar-refractivity contribution < 1.29 is 9.59 Å². The quantitative estimate of drug-likeness (QED) is 0.737. The maximum absolute atomic E-state index is 13.0. The van der Waals surface area contributed by atoms with E-state index >= 15 is 0 Å². The first kappa shape index (κ1) is 17.7. The van der Waals surface area contributed by atoms with Gasteiger partial charge in [0.15, 0.2) is 0 Å². The standard InChI is InChI=1S/C20H22N4O2S/c1-2-21-20(26)18-10-9-17(27-18)16-8-5-11-24(16)19(25)12-23-13-22-14-6-3-4-7-15(14)23/h3-4,6-7,9-10,13,16H,2,5,8,11-12H2,1H3,(H,21,26)/t16-/m1/s1. The molecule has 1 aromatic carbocycles. The van der Waals surface area contributed by atoms with Gasteiger partial charge in [-0.3, -0.25) is 9.59 Å². The van der Waals surface area contributed by atoms with Crippen molar-refractivity contribution in [2.75, 3.05) is 13.1 Å². The van der Waals surface area contributed by atoms with Gasteiger partial charge >= 0.3 is 0 Å². The molecule has 27 heavy (non-hydrogen) atoms. The number of carbonyl (C=O) groups excluding carboxylic acids is 2. The van der Waals surface area contributed by atoms with E-state index in [1.165, 1.54) is 11.3 Å². The molecule has 6 nitrogen and oxygen atoms in total. The van der Waals surface area contributed by atoms with Gasteiger partial charge in [-0.25, -0.2) is 4.98 Å². The third kappa shape index (κ3) is 3.47. The van der Waals surface area contributed by atoms with Gasteiger partial charge in [0, 0.05) is 18.0 Å². The highest BCUT2D eigenvalue weighted by Gasteiger charge is 2.31. The van der Waals surface area contributed by atoms with Crippen LogP contribution >= 0.6 is 11.3 Å². The van der Waals surface area contributed by atoms with E-state index in [1.807, 2.05) is 52.8 Å². The number of carbonyl (C=O) groups is 2. The molecule has 3 aromatic rings. The van der Waals surface area contributed by atoms with Crippen molar-refractivity contribution in [1.29, 1.82) is 0 Å². The predicted molar refractivity (Wildman–Crippen MR) is 106 cm³/mol. The maximum atomic E-state index is 13.0. The summed E-state index contributed by atoms with van der Waals surface area (Å²) in [6.45, 7) is 3.55. The van der Waals surface area contributed by atoms with E-state index in [9.17, 15) is 9.59 Å². The first-order valence-electron chi connectivity index (χ1n) is 9.24. The Bertz CT molecular complexity index is 977. The lowest BCUT2D eigenvalue weighted by Gasteiger charge is -2.24. The molecule has 7 heteroatoms. The number of aromatic nitrogens is 2. The normalized spacial score (nSPS) is 16.8. The molecule has 1 saturated heterocycles. The van der Waals surface area contributed by atoms with E-state index in [4.69, 9.17) is 0 Å². The Labute approximate surface area is 161 Å². The van der Waals surface area contributed by atoms with Crippen LogP contribution in [-0.4, -0.2) is 39.4 Å². The maximum Gasteiger partial charge on any atom is 0.261 e. The molecule has 1 aliphatic rings. The molecule has 1 atom stereocenters. The van der Waals surface area contributed by atoms with Crippen molar-refractivity contribution in [3.05, 3.63) is 52.5 Å². The zero-order valence-electron chi connectivity index (χ0n) is 15.2. The van der Waals surface area contributed by atoms with Crippen LogP contribution in [0.1, 0.15) is 40.4 Å².